The zero-order valence-corrected chi connectivity index (χ0v) is 15.2. The molecule has 0 aromatic heterocycles. The number of hydrogen-bond donors (Lipinski definition) is 2. The van der Waals surface area contributed by atoms with Gasteiger partial charge in [-0.15, -0.1) is 0 Å². The van der Waals surface area contributed by atoms with Crippen molar-refractivity contribution in [3.63, 3.8) is 0 Å². The van der Waals surface area contributed by atoms with E-state index in [-0.39, 0.29) is 4.90 Å². The van der Waals surface area contributed by atoms with Crippen LogP contribution in [0.25, 0.3) is 0 Å². The van der Waals surface area contributed by atoms with Gasteiger partial charge >= 0.3 is 0 Å². The Balaban J connectivity index is 1.92. The van der Waals surface area contributed by atoms with Gasteiger partial charge in [-0.05, 0) is 36.4 Å². The van der Waals surface area contributed by atoms with Gasteiger partial charge in [0.05, 0.1) is 18.5 Å². The van der Waals surface area contributed by atoms with Crippen LogP contribution in [0.5, 0.6) is 0 Å². The number of amidine groups is 1. The maximum atomic E-state index is 12.2. The van der Waals surface area contributed by atoms with Gasteiger partial charge in [0.25, 0.3) is 0 Å². The molecule has 2 rings (SSSR count). The molecule has 0 unspecified atom stereocenters. The Morgan fingerprint density at radius 3 is 2.33 bits per heavy atom. The first kappa shape index (κ1) is 18.4. The summed E-state index contributed by atoms with van der Waals surface area (Å²) < 4.78 is 28.9. The molecule has 0 aliphatic heterocycles. The second-order valence-electron chi connectivity index (χ2n) is 5.35. The molecule has 0 radical (unpaired) electrons. The minimum atomic E-state index is -3.52. The van der Waals surface area contributed by atoms with E-state index in [2.05, 4.69) is 10.0 Å². The van der Waals surface area contributed by atoms with E-state index in [1.165, 1.54) is 12.1 Å². The molecule has 7 heteroatoms. The molecular weight excluding hydrogens is 346 g/mol. The summed E-state index contributed by atoms with van der Waals surface area (Å²) >= 11 is 5.78. The molecule has 2 N–H and O–H groups in total. The highest BCUT2D eigenvalue weighted by Gasteiger charge is 2.14. The summed E-state index contributed by atoms with van der Waals surface area (Å²) in [5, 5.41) is 3.78. The highest BCUT2D eigenvalue weighted by molar-refractivity contribution is 7.89. The summed E-state index contributed by atoms with van der Waals surface area (Å²) in [4.78, 5) is 0.206. The molecule has 0 spiro atoms. The third-order valence-corrected chi connectivity index (χ3v) is 5.26. The van der Waals surface area contributed by atoms with E-state index in [0.717, 1.165) is 11.5 Å². The molecule has 5 nitrogen and oxygen atoms in total. The van der Waals surface area contributed by atoms with Crippen LogP contribution in [0.1, 0.15) is 6.92 Å². The van der Waals surface area contributed by atoms with Crippen molar-refractivity contribution in [2.24, 2.45) is 0 Å². The lowest BCUT2D eigenvalue weighted by Crippen LogP contribution is -2.32. The Morgan fingerprint density at radius 2 is 1.71 bits per heavy atom. The minimum absolute atomic E-state index is 0.206. The van der Waals surface area contributed by atoms with Gasteiger partial charge in [-0.2, -0.15) is 0 Å². The van der Waals surface area contributed by atoms with E-state index in [4.69, 9.17) is 11.6 Å². The Kier molecular flexibility index (Phi) is 6.36. The fourth-order valence-electron chi connectivity index (χ4n) is 2.04. The molecule has 2 aromatic rings. The van der Waals surface area contributed by atoms with Crippen molar-refractivity contribution in [2.75, 3.05) is 25.5 Å². The number of para-hydroxylation sites is 1. The van der Waals surface area contributed by atoms with Crippen molar-refractivity contribution in [3.8, 4) is 0 Å². The van der Waals surface area contributed by atoms with Crippen molar-refractivity contribution in [1.82, 2.24) is 4.72 Å². The van der Waals surface area contributed by atoms with Crippen LogP contribution in [0.4, 0.5) is 5.69 Å². The lowest BCUT2D eigenvalue weighted by molar-refractivity contribution is -0.495. The second kappa shape index (κ2) is 8.28. The average molecular weight is 367 g/mol. The average Bonchev–Trinajstić information content (AvgIpc) is 2.56. The number of halogens is 1. The molecule has 0 heterocycles. The first-order valence-corrected chi connectivity index (χ1v) is 9.36. The van der Waals surface area contributed by atoms with Crippen molar-refractivity contribution in [1.29, 1.82) is 0 Å². The van der Waals surface area contributed by atoms with E-state index >= 15 is 0 Å². The molecule has 2 aromatic carbocycles. The Bertz CT molecular complexity index is 803. The van der Waals surface area contributed by atoms with Crippen LogP contribution >= 0.6 is 11.6 Å². The van der Waals surface area contributed by atoms with Gasteiger partial charge in [-0.3, -0.25) is 4.58 Å². The summed E-state index contributed by atoms with van der Waals surface area (Å²) in [7, 11) is -1.62. The molecule has 0 amide bonds. The number of nitrogens with one attached hydrogen (secondary N) is 2. The van der Waals surface area contributed by atoms with Gasteiger partial charge < -0.3 is 0 Å². The lowest BCUT2D eigenvalue weighted by Gasteiger charge is -2.08. The number of likely N-dealkylation sites (N-methyl/N-ethyl adjacent to an activating group) is 1. The number of hydrogen-bond acceptors (Lipinski definition) is 2. The number of nitrogens with zero attached hydrogens (tertiary/aromatic N) is 1. The fourth-order valence-corrected chi connectivity index (χ4v) is 3.19. The number of rotatable bonds is 6. The molecule has 24 heavy (non-hydrogen) atoms. The largest absolute Gasteiger partial charge is 0.267 e. The molecule has 0 fully saturated rings. The standard InChI is InChI=1S/C17H20ClN3O2S/c1-14(20-16-6-4-3-5-7-16)21(2)13-12-19-24(22,23)17-10-8-15(18)9-11-17/h3-11,19H,12-13H2,1-2H3/p+1. The highest BCUT2D eigenvalue weighted by Crippen LogP contribution is 2.13. The first-order chi connectivity index (χ1) is 11.4. The summed E-state index contributed by atoms with van der Waals surface area (Å²) in [6.45, 7) is 2.79. The van der Waals surface area contributed by atoms with Gasteiger partial charge in [0, 0.05) is 18.5 Å². The number of benzene rings is 2. The summed E-state index contributed by atoms with van der Waals surface area (Å²) in [6.07, 6.45) is 0. The van der Waals surface area contributed by atoms with Crippen molar-refractivity contribution in [3.05, 3.63) is 59.6 Å². The lowest BCUT2D eigenvalue weighted by atomic mass is 10.3. The van der Waals surface area contributed by atoms with Crippen LogP contribution in [0.15, 0.2) is 59.5 Å². The van der Waals surface area contributed by atoms with Crippen LogP contribution < -0.4 is 10.0 Å². The van der Waals surface area contributed by atoms with E-state index in [1.807, 2.05) is 48.9 Å². The SMILES string of the molecule is CC(Nc1ccccc1)=[N+](C)CCNS(=O)(=O)c1ccc(Cl)cc1. The van der Waals surface area contributed by atoms with Gasteiger partial charge in [-0.1, -0.05) is 29.8 Å². The number of anilines is 1. The summed E-state index contributed by atoms with van der Waals surface area (Å²) in [6, 6.07) is 15.9. The third kappa shape index (κ3) is 5.33. The minimum Gasteiger partial charge on any atom is -0.267 e. The normalized spacial score (nSPS) is 12.6. The predicted molar refractivity (Wildman–Crippen MR) is 98.4 cm³/mol. The highest BCUT2D eigenvalue weighted by atomic mass is 35.5. The van der Waals surface area contributed by atoms with Crippen LogP contribution in [0.3, 0.4) is 0 Å². The molecule has 0 aliphatic carbocycles. The molecule has 0 aliphatic rings. The Morgan fingerprint density at radius 1 is 1.08 bits per heavy atom. The van der Waals surface area contributed by atoms with Crippen molar-refractivity contribution >= 4 is 33.1 Å². The van der Waals surface area contributed by atoms with Crippen molar-refractivity contribution in [2.45, 2.75) is 11.8 Å². The summed E-state index contributed by atoms with van der Waals surface area (Å²) in [5.41, 5.74) is 0.989. The quantitative estimate of drug-likeness (QED) is 0.469. The van der Waals surface area contributed by atoms with Gasteiger partial charge in [0.2, 0.25) is 15.9 Å². The van der Waals surface area contributed by atoms with Crippen LogP contribution in [0.2, 0.25) is 5.02 Å². The topological polar surface area (TPSA) is 61.2 Å². The van der Waals surface area contributed by atoms with Gasteiger partial charge in [-0.25, -0.2) is 18.5 Å². The van der Waals surface area contributed by atoms with Crippen LogP contribution in [-0.4, -0.2) is 39.0 Å². The Hall–Kier alpha value is -1.89. The maximum absolute atomic E-state index is 12.2. The maximum Gasteiger partial charge on any atom is 0.246 e. The van der Waals surface area contributed by atoms with Gasteiger partial charge in [0.1, 0.15) is 5.69 Å². The Labute approximate surface area is 148 Å². The van der Waals surface area contributed by atoms with Crippen LogP contribution in [-0.2, 0) is 10.0 Å². The third-order valence-electron chi connectivity index (χ3n) is 3.53. The zero-order valence-electron chi connectivity index (χ0n) is 13.7. The van der Waals surface area contributed by atoms with Gasteiger partial charge in [0.15, 0.2) is 0 Å². The number of sulfonamides is 1. The van der Waals surface area contributed by atoms with E-state index in [9.17, 15) is 8.42 Å². The zero-order chi connectivity index (χ0) is 17.6. The molecular formula is C17H21ClN3O2S+. The van der Waals surface area contributed by atoms with E-state index in [0.29, 0.717) is 18.1 Å². The molecule has 0 saturated carbocycles. The molecule has 0 saturated heterocycles. The smallest absolute Gasteiger partial charge is 0.246 e. The molecule has 128 valence electrons. The summed E-state index contributed by atoms with van der Waals surface area (Å²) in [5.74, 6) is 0.937. The van der Waals surface area contributed by atoms with E-state index in [1.54, 1.807) is 12.1 Å². The van der Waals surface area contributed by atoms with Crippen LogP contribution in [0, 0.1) is 0 Å². The molecule has 0 atom stereocenters. The van der Waals surface area contributed by atoms with Crippen molar-refractivity contribution < 1.29 is 13.0 Å². The second-order valence-corrected chi connectivity index (χ2v) is 7.55. The molecule has 0 bridgehead atoms. The first-order valence-electron chi connectivity index (χ1n) is 7.50. The predicted octanol–water partition coefficient (Wildman–Crippen LogP) is 2.79. The monoisotopic (exact) mass is 366 g/mol. The van der Waals surface area contributed by atoms with E-state index < -0.39 is 10.0 Å². The fraction of sp³-hybridized carbons (Fsp3) is 0.235.